The summed E-state index contributed by atoms with van der Waals surface area (Å²) in [5, 5.41) is 2.99. The zero-order chi connectivity index (χ0) is 21.6. The van der Waals surface area contributed by atoms with Crippen LogP contribution in [-0.4, -0.2) is 21.8 Å². The molecule has 6 nitrogen and oxygen atoms in total. The van der Waals surface area contributed by atoms with E-state index in [-0.39, 0.29) is 6.04 Å². The third kappa shape index (κ3) is 4.59. The Bertz CT molecular complexity index is 997. The van der Waals surface area contributed by atoms with Gasteiger partial charge >= 0.3 is 0 Å². The average molecular weight is 425 g/mol. The zero-order valence-corrected chi connectivity index (χ0v) is 17.6. The highest BCUT2D eigenvalue weighted by molar-refractivity contribution is 7.77. The van der Waals surface area contributed by atoms with Gasteiger partial charge in [-0.25, -0.2) is 4.21 Å². The summed E-state index contributed by atoms with van der Waals surface area (Å²) < 4.78 is 29.5. The SMILES string of the molecule is COc1ccc(C(NS(=O)O)(C(=O)NC(C)c2ccccc2)c2ccccc2)cc1. The van der Waals surface area contributed by atoms with Crippen LogP contribution in [0.4, 0.5) is 0 Å². The highest BCUT2D eigenvalue weighted by Gasteiger charge is 2.44. The molecule has 3 rings (SSSR count). The van der Waals surface area contributed by atoms with Gasteiger partial charge in [-0.3, -0.25) is 9.35 Å². The summed E-state index contributed by atoms with van der Waals surface area (Å²) in [5.74, 6) is 0.168. The van der Waals surface area contributed by atoms with Crippen molar-refractivity contribution in [2.24, 2.45) is 0 Å². The molecular weight excluding hydrogens is 400 g/mol. The number of carbonyl (C=O) groups is 1. The molecule has 0 aliphatic carbocycles. The van der Waals surface area contributed by atoms with Crippen molar-refractivity contribution in [2.45, 2.75) is 18.5 Å². The number of methoxy groups -OCH3 is 1. The van der Waals surface area contributed by atoms with Gasteiger partial charge in [-0.1, -0.05) is 72.8 Å². The van der Waals surface area contributed by atoms with Crippen molar-refractivity contribution >= 4 is 17.2 Å². The largest absolute Gasteiger partial charge is 0.497 e. The first-order valence-corrected chi connectivity index (χ1v) is 10.5. The Morgan fingerprint density at radius 1 is 0.933 bits per heavy atom. The van der Waals surface area contributed by atoms with Crippen molar-refractivity contribution in [3.05, 3.63) is 102 Å². The quantitative estimate of drug-likeness (QED) is 0.483. The van der Waals surface area contributed by atoms with E-state index in [1.165, 1.54) is 0 Å². The molecule has 3 aromatic carbocycles. The number of amides is 1. The molecule has 3 N–H and O–H groups in total. The Kier molecular flexibility index (Phi) is 6.99. The summed E-state index contributed by atoms with van der Waals surface area (Å²) in [7, 11) is 1.55. The Hall–Kier alpha value is -3.00. The standard InChI is InChI=1S/C23H24N2O4S/c1-17(18-9-5-3-6-10-18)24-22(26)23(25-30(27)28,19-11-7-4-8-12-19)20-13-15-21(29-2)16-14-20/h3-17,25H,1-2H3,(H,24,26)(H,27,28). The van der Waals surface area contributed by atoms with E-state index in [9.17, 15) is 13.6 Å². The fraction of sp³-hybridized carbons (Fsp3) is 0.174. The third-order valence-electron chi connectivity index (χ3n) is 4.96. The Labute approximate surface area is 178 Å². The second-order valence-corrected chi connectivity index (χ2v) is 7.50. The molecular formula is C23H24N2O4S. The summed E-state index contributed by atoms with van der Waals surface area (Å²) in [6.45, 7) is 1.87. The van der Waals surface area contributed by atoms with E-state index >= 15 is 0 Å². The summed E-state index contributed by atoms with van der Waals surface area (Å²) in [6, 6.07) is 24.9. The first-order chi connectivity index (χ1) is 14.5. The van der Waals surface area contributed by atoms with Crippen LogP contribution in [0.5, 0.6) is 5.75 Å². The fourth-order valence-corrected chi connectivity index (χ4v) is 3.97. The van der Waals surface area contributed by atoms with Crippen molar-refractivity contribution in [3.63, 3.8) is 0 Å². The molecule has 0 aliphatic rings. The minimum atomic E-state index is -2.47. The highest BCUT2D eigenvalue weighted by Crippen LogP contribution is 2.32. The Morgan fingerprint density at radius 2 is 1.47 bits per heavy atom. The van der Waals surface area contributed by atoms with Crippen LogP contribution in [0, 0.1) is 0 Å². The van der Waals surface area contributed by atoms with Crippen LogP contribution in [0.1, 0.15) is 29.7 Å². The lowest BCUT2D eigenvalue weighted by Crippen LogP contribution is -2.56. The average Bonchev–Trinajstić information content (AvgIpc) is 2.78. The number of hydrogen-bond acceptors (Lipinski definition) is 3. The van der Waals surface area contributed by atoms with Crippen molar-refractivity contribution in [3.8, 4) is 5.75 Å². The van der Waals surface area contributed by atoms with Crippen LogP contribution >= 0.6 is 0 Å². The van der Waals surface area contributed by atoms with Gasteiger partial charge in [0.15, 0.2) is 5.54 Å². The molecule has 0 aromatic heterocycles. The van der Waals surface area contributed by atoms with E-state index < -0.39 is 22.7 Å². The molecule has 0 aliphatic heterocycles. The lowest BCUT2D eigenvalue weighted by atomic mass is 9.82. The van der Waals surface area contributed by atoms with Gasteiger partial charge in [-0.05, 0) is 35.7 Å². The second kappa shape index (κ2) is 9.67. The molecule has 0 saturated heterocycles. The minimum Gasteiger partial charge on any atom is -0.497 e. The molecule has 3 aromatic rings. The molecule has 156 valence electrons. The monoisotopic (exact) mass is 424 g/mol. The van der Waals surface area contributed by atoms with Crippen LogP contribution in [0.25, 0.3) is 0 Å². The lowest BCUT2D eigenvalue weighted by molar-refractivity contribution is -0.126. The molecule has 30 heavy (non-hydrogen) atoms. The molecule has 3 unspecified atom stereocenters. The van der Waals surface area contributed by atoms with Crippen LogP contribution in [0.3, 0.4) is 0 Å². The molecule has 0 radical (unpaired) electrons. The second-order valence-electron chi connectivity index (χ2n) is 6.80. The van der Waals surface area contributed by atoms with E-state index in [0.29, 0.717) is 16.9 Å². The van der Waals surface area contributed by atoms with E-state index in [4.69, 9.17) is 4.74 Å². The molecule has 0 spiro atoms. The number of hydrogen-bond donors (Lipinski definition) is 3. The maximum atomic E-state index is 13.7. The van der Waals surface area contributed by atoms with Gasteiger partial charge in [0.05, 0.1) is 13.2 Å². The van der Waals surface area contributed by atoms with Crippen LogP contribution in [0.2, 0.25) is 0 Å². The molecule has 0 fully saturated rings. The maximum Gasteiger partial charge on any atom is 0.251 e. The molecule has 7 heteroatoms. The van der Waals surface area contributed by atoms with Crippen molar-refractivity contribution in [1.29, 1.82) is 0 Å². The van der Waals surface area contributed by atoms with Crippen LogP contribution < -0.4 is 14.8 Å². The van der Waals surface area contributed by atoms with E-state index in [1.54, 1.807) is 55.6 Å². The van der Waals surface area contributed by atoms with Crippen LogP contribution in [-0.2, 0) is 21.6 Å². The van der Waals surface area contributed by atoms with Crippen molar-refractivity contribution in [2.75, 3.05) is 7.11 Å². The van der Waals surface area contributed by atoms with Crippen molar-refractivity contribution in [1.82, 2.24) is 10.0 Å². The van der Waals surface area contributed by atoms with Gasteiger partial charge < -0.3 is 10.1 Å². The summed E-state index contributed by atoms with van der Waals surface area (Å²) >= 11 is -2.47. The van der Waals surface area contributed by atoms with Gasteiger partial charge in [0.25, 0.3) is 5.91 Å². The first-order valence-electron chi connectivity index (χ1n) is 9.42. The maximum absolute atomic E-state index is 13.7. The van der Waals surface area contributed by atoms with Gasteiger partial charge in [0.1, 0.15) is 5.75 Å². The topological polar surface area (TPSA) is 87.7 Å². The molecule has 1 amide bonds. The fourth-order valence-electron chi connectivity index (χ4n) is 3.38. The summed E-state index contributed by atoms with van der Waals surface area (Å²) in [4.78, 5) is 13.7. The predicted molar refractivity (Wildman–Crippen MR) is 117 cm³/mol. The first kappa shape index (κ1) is 21.7. The zero-order valence-electron chi connectivity index (χ0n) is 16.7. The van der Waals surface area contributed by atoms with Gasteiger partial charge in [-0.15, -0.1) is 0 Å². The van der Waals surface area contributed by atoms with Crippen molar-refractivity contribution < 1.29 is 18.3 Å². The van der Waals surface area contributed by atoms with E-state index in [1.807, 2.05) is 43.3 Å². The number of rotatable bonds is 8. The Balaban J connectivity index is 2.11. The van der Waals surface area contributed by atoms with Crippen LogP contribution in [0.15, 0.2) is 84.9 Å². The van der Waals surface area contributed by atoms with Gasteiger partial charge in [0, 0.05) is 0 Å². The predicted octanol–water partition coefficient (Wildman–Crippen LogP) is 3.54. The minimum absolute atomic E-state index is 0.311. The third-order valence-corrected chi connectivity index (χ3v) is 5.44. The van der Waals surface area contributed by atoms with E-state index in [2.05, 4.69) is 10.0 Å². The molecule has 3 atom stereocenters. The summed E-state index contributed by atoms with van der Waals surface area (Å²) in [6.07, 6.45) is 0. The molecule has 0 bridgehead atoms. The number of carbonyl (C=O) groups excluding carboxylic acids is 1. The Morgan fingerprint density at radius 3 is 2.00 bits per heavy atom. The molecule has 0 heterocycles. The smallest absolute Gasteiger partial charge is 0.251 e. The van der Waals surface area contributed by atoms with Gasteiger partial charge in [0.2, 0.25) is 11.3 Å². The highest BCUT2D eigenvalue weighted by atomic mass is 32.2. The molecule has 0 saturated carbocycles. The summed E-state index contributed by atoms with van der Waals surface area (Å²) in [5.41, 5.74) is 0.383. The van der Waals surface area contributed by atoms with Gasteiger partial charge in [-0.2, -0.15) is 4.72 Å². The number of benzene rings is 3. The normalized spacial score (nSPS) is 14.9. The number of ether oxygens (including phenoxy) is 1. The lowest BCUT2D eigenvalue weighted by Gasteiger charge is -2.34. The van der Waals surface area contributed by atoms with E-state index in [0.717, 1.165) is 5.56 Å². The number of nitrogens with one attached hydrogen (secondary N) is 2.